The van der Waals surface area contributed by atoms with Crippen LogP contribution in [0, 0.1) is 6.92 Å². The van der Waals surface area contributed by atoms with E-state index in [2.05, 4.69) is 4.98 Å². The number of carbonyl (C=O) groups excluding carboxylic acids is 1. The van der Waals surface area contributed by atoms with Crippen LogP contribution in [0.3, 0.4) is 0 Å². The molecule has 0 saturated carbocycles. The Kier molecular flexibility index (Phi) is 6.18. The van der Waals surface area contributed by atoms with Gasteiger partial charge < -0.3 is 14.0 Å². The number of aromatic amines is 1. The second-order valence-electron chi connectivity index (χ2n) is 7.47. The maximum Gasteiger partial charge on any atom is 0.327 e. The van der Waals surface area contributed by atoms with Crippen molar-refractivity contribution < 1.29 is 9.53 Å². The molecule has 0 aliphatic rings. The van der Waals surface area contributed by atoms with Gasteiger partial charge in [-0.2, -0.15) is 0 Å². The van der Waals surface area contributed by atoms with Gasteiger partial charge in [-0.3, -0.25) is 4.79 Å². The lowest BCUT2D eigenvalue weighted by Crippen LogP contribution is -2.32. The highest BCUT2D eigenvalue weighted by Gasteiger charge is 2.22. The number of esters is 1. The zero-order valence-corrected chi connectivity index (χ0v) is 18.5. The van der Waals surface area contributed by atoms with E-state index < -0.39 is 5.60 Å². The Bertz CT molecular complexity index is 991. The Morgan fingerprint density at radius 3 is 2.46 bits per heavy atom. The Balaban J connectivity index is 1.97. The third kappa shape index (κ3) is 5.16. The zero-order chi connectivity index (χ0) is 20.5. The molecule has 0 saturated heterocycles. The smallest absolute Gasteiger partial charge is 0.327 e. The van der Waals surface area contributed by atoms with E-state index in [1.165, 1.54) is 11.9 Å². The van der Waals surface area contributed by atoms with Crippen molar-refractivity contribution in [1.82, 2.24) is 4.98 Å². The lowest BCUT2D eigenvalue weighted by Gasteiger charge is -2.27. The maximum atomic E-state index is 12.6. The Labute approximate surface area is 179 Å². The summed E-state index contributed by atoms with van der Waals surface area (Å²) in [5, 5.41) is 2.20. The van der Waals surface area contributed by atoms with Gasteiger partial charge in [0, 0.05) is 32.0 Å². The van der Waals surface area contributed by atoms with Gasteiger partial charge in [0.2, 0.25) is 0 Å². The molecule has 148 valence electrons. The maximum absolute atomic E-state index is 12.6. The average molecular weight is 437 g/mol. The van der Waals surface area contributed by atoms with Crippen LogP contribution < -0.4 is 4.31 Å². The number of aromatic nitrogens is 1. The number of benzene rings is 2. The molecule has 0 aliphatic heterocycles. The molecular formula is C21H22Cl2N2O2S. The van der Waals surface area contributed by atoms with Gasteiger partial charge in [0.1, 0.15) is 12.1 Å². The SMILES string of the molecule is Cc1c(N(CC(=O)OC(C)(C)C)Sc2cc(Cl)cc(Cl)c2)ccc2[nH]ccc12. The fraction of sp³-hybridized carbons (Fsp3) is 0.286. The zero-order valence-electron chi connectivity index (χ0n) is 16.2. The van der Waals surface area contributed by atoms with Crippen LogP contribution in [0.2, 0.25) is 10.0 Å². The standard InChI is InChI=1S/C21H22Cl2N2O2S/c1-13-17-7-8-24-18(17)5-6-19(13)25(12-20(26)27-21(2,3)4)28-16-10-14(22)9-15(23)11-16/h5-11,24H,12H2,1-4H3. The molecule has 3 rings (SSSR count). The molecule has 0 spiro atoms. The van der Waals surface area contributed by atoms with Gasteiger partial charge >= 0.3 is 5.97 Å². The number of nitrogens with zero attached hydrogens (tertiary/aromatic N) is 1. The van der Waals surface area contributed by atoms with Gasteiger partial charge in [0.25, 0.3) is 0 Å². The number of carbonyl (C=O) groups is 1. The van der Waals surface area contributed by atoms with E-state index in [0.29, 0.717) is 10.0 Å². The highest BCUT2D eigenvalue weighted by Crippen LogP contribution is 2.36. The van der Waals surface area contributed by atoms with Crippen LogP contribution >= 0.6 is 35.1 Å². The number of hydrogen-bond acceptors (Lipinski definition) is 4. The molecule has 0 aliphatic carbocycles. The van der Waals surface area contributed by atoms with Crippen molar-refractivity contribution in [3.63, 3.8) is 0 Å². The lowest BCUT2D eigenvalue weighted by molar-refractivity contribution is -0.152. The van der Waals surface area contributed by atoms with Gasteiger partial charge in [0.15, 0.2) is 0 Å². The molecule has 3 aromatic rings. The van der Waals surface area contributed by atoms with Crippen molar-refractivity contribution in [3.05, 3.63) is 58.2 Å². The summed E-state index contributed by atoms with van der Waals surface area (Å²) in [5.41, 5.74) is 2.50. The molecule has 0 amide bonds. The van der Waals surface area contributed by atoms with Crippen LogP contribution in [0.1, 0.15) is 26.3 Å². The van der Waals surface area contributed by atoms with E-state index in [1.54, 1.807) is 6.07 Å². The van der Waals surface area contributed by atoms with Gasteiger partial charge in [-0.25, -0.2) is 0 Å². The molecule has 2 aromatic carbocycles. The first-order valence-corrected chi connectivity index (χ1v) is 10.4. The second kappa shape index (κ2) is 8.27. The molecule has 0 atom stereocenters. The second-order valence-corrected chi connectivity index (χ2v) is 9.44. The predicted molar refractivity (Wildman–Crippen MR) is 119 cm³/mol. The number of fused-ring (bicyclic) bond motifs is 1. The van der Waals surface area contributed by atoms with E-state index in [-0.39, 0.29) is 12.5 Å². The van der Waals surface area contributed by atoms with Crippen LogP contribution in [0.15, 0.2) is 47.5 Å². The number of ether oxygens (including phenoxy) is 1. The predicted octanol–water partition coefficient (Wildman–Crippen LogP) is 6.64. The highest BCUT2D eigenvalue weighted by molar-refractivity contribution is 8.00. The summed E-state index contributed by atoms with van der Waals surface area (Å²) in [4.78, 5) is 16.6. The van der Waals surface area contributed by atoms with Gasteiger partial charge in [-0.05, 0) is 81.6 Å². The minimum Gasteiger partial charge on any atom is -0.459 e. The van der Waals surface area contributed by atoms with Crippen LogP contribution in [0.5, 0.6) is 0 Å². The summed E-state index contributed by atoms with van der Waals surface area (Å²) < 4.78 is 7.45. The number of rotatable bonds is 5. The molecule has 7 heteroatoms. The number of nitrogens with one attached hydrogen (secondary N) is 1. The fourth-order valence-electron chi connectivity index (χ4n) is 2.91. The van der Waals surface area contributed by atoms with Gasteiger partial charge in [-0.15, -0.1) is 0 Å². The molecule has 0 fully saturated rings. The summed E-state index contributed by atoms with van der Waals surface area (Å²) in [7, 11) is 0. The van der Waals surface area contributed by atoms with Crippen molar-refractivity contribution in [2.24, 2.45) is 0 Å². The van der Waals surface area contributed by atoms with Crippen molar-refractivity contribution >= 4 is 57.7 Å². The molecule has 0 radical (unpaired) electrons. The first-order chi connectivity index (χ1) is 13.1. The summed E-state index contributed by atoms with van der Waals surface area (Å²) in [6.45, 7) is 7.70. The molecule has 1 N–H and O–H groups in total. The summed E-state index contributed by atoms with van der Waals surface area (Å²) in [6.07, 6.45) is 1.91. The first-order valence-electron chi connectivity index (χ1n) is 8.82. The molecule has 1 heterocycles. The number of anilines is 1. The first kappa shape index (κ1) is 20.9. The number of H-pyrrole nitrogens is 1. The molecule has 1 aromatic heterocycles. The van der Waals surface area contributed by atoms with Crippen LogP contribution in [0.25, 0.3) is 10.9 Å². The summed E-state index contributed by atoms with van der Waals surface area (Å²) in [5.74, 6) is -0.304. The topological polar surface area (TPSA) is 45.3 Å². The van der Waals surface area contributed by atoms with E-state index in [1.807, 2.05) is 68.5 Å². The Morgan fingerprint density at radius 2 is 1.82 bits per heavy atom. The van der Waals surface area contributed by atoms with Crippen LogP contribution in [-0.2, 0) is 9.53 Å². The van der Waals surface area contributed by atoms with E-state index in [9.17, 15) is 4.79 Å². The minimum absolute atomic E-state index is 0.0861. The lowest BCUT2D eigenvalue weighted by atomic mass is 10.1. The highest BCUT2D eigenvalue weighted by atomic mass is 35.5. The molecule has 0 unspecified atom stereocenters. The summed E-state index contributed by atoms with van der Waals surface area (Å²) >= 11 is 13.7. The third-order valence-electron chi connectivity index (χ3n) is 3.99. The normalized spacial score (nSPS) is 11.6. The van der Waals surface area contributed by atoms with E-state index in [0.717, 1.165) is 27.0 Å². The van der Waals surface area contributed by atoms with Gasteiger partial charge in [0.05, 0.1) is 5.69 Å². The minimum atomic E-state index is -0.549. The third-order valence-corrected chi connectivity index (χ3v) is 5.42. The van der Waals surface area contributed by atoms with E-state index in [4.69, 9.17) is 27.9 Å². The average Bonchev–Trinajstić information content (AvgIpc) is 3.01. The van der Waals surface area contributed by atoms with Crippen molar-refractivity contribution in [2.45, 2.75) is 38.2 Å². The quantitative estimate of drug-likeness (QED) is 0.359. The Hall–Kier alpha value is -1.82. The van der Waals surface area contributed by atoms with Crippen molar-refractivity contribution in [1.29, 1.82) is 0 Å². The monoisotopic (exact) mass is 436 g/mol. The molecule has 0 bridgehead atoms. The summed E-state index contributed by atoms with van der Waals surface area (Å²) in [6, 6.07) is 11.4. The molecule has 4 nitrogen and oxygen atoms in total. The number of aryl methyl sites for hydroxylation is 1. The van der Waals surface area contributed by atoms with Crippen molar-refractivity contribution in [2.75, 3.05) is 10.8 Å². The Morgan fingerprint density at radius 1 is 1.14 bits per heavy atom. The fourth-order valence-corrected chi connectivity index (χ4v) is 4.64. The number of hydrogen-bond donors (Lipinski definition) is 1. The van der Waals surface area contributed by atoms with Gasteiger partial charge in [-0.1, -0.05) is 23.2 Å². The van der Waals surface area contributed by atoms with E-state index >= 15 is 0 Å². The number of halogens is 2. The van der Waals surface area contributed by atoms with Crippen LogP contribution in [-0.4, -0.2) is 23.1 Å². The molecular weight excluding hydrogens is 415 g/mol. The van der Waals surface area contributed by atoms with Crippen LogP contribution in [0.4, 0.5) is 5.69 Å². The van der Waals surface area contributed by atoms with Crippen molar-refractivity contribution in [3.8, 4) is 0 Å². The largest absolute Gasteiger partial charge is 0.459 e. The molecule has 28 heavy (non-hydrogen) atoms.